The van der Waals surface area contributed by atoms with Crippen LogP contribution in [-0.2, 0) is 16.6 Å². The van der Waals surface area contributed by atoms with Gasteiger partial charge in [0.1, 0.15) is 5.76 Å². The van der Waals surface area contributed by atoms with E-state index in [0.29, 0.717) is 16.3 Å². The van der Waals surface area contributed by atoms with Crippen LogP contribution >= 0.6 is 0 Å². The number of rotatable bonds is 4. The maximum absolute atomic E-state index is 12.5. The molecular formula is C14H18N2O3S. The lowest BCUT2D eigenvalue weighted by Gasteiger charge is -2.16. The van der Waals surface area contributed by atoms with Gasteiger partial charge in [-0.05, 0) is 44.0 Å². The van der Waals surface area contributed by atoms with Crippen molar-refractivity contribution in [1.29, 1.82) is 0 Å². The molecule has 1 heterocycles. The Balaban J connectivity index is 2.27. The van der Waals surface area contributed by atoms with E-state index in [-0.39, 0.29) is 6.54 Å². The fourth-order valence-electron chi connectivity index (χ4n) is 1.86. The van der Waals surface area contributed by atoms with Crippen molar-refractivity contribution in [3.63, 3.8) is 0 Å². The van der Waals surface area contributed by atoms with E-state index in [9.17, 15) is 8.42 Å². The van der Waals surface area contributed by atoms with Gasteiger partial charge >= 0.3 is 0 Å². The highest BCUT2D eigenvalue weighted by Crippen LogP contribution is 2.19. The van der Waals surface area contributed by atoms with Gasteiger partial charge in [-0.3, -0.25) is 0 Å². The summed E-state index contributed by atoms with van der Waals surface area (Å²) in [5.41, 5.74) is 2.62. The van der Waals surface area contributed by atoms with Crippen molar-refractivity contribution in [2.24, 2.45) is 0 Å². The number of hydrogen-bond donors (Lipinski definition) is 0. The van der Waals surface area contributed by atoms with Crippen molar-refractivity contribution in [1.82, 2.24) is 9.46 Å². The lowest BCUT2D eigenvalue weighted by Crippen LogP contribution is -2.26. The van der Waals surface area contributed by atoms with Gasteiger partial charge in [0.2, 0.25) is 10.0 Å². The van der Waals surface area contributed by atoms with Crippen LogP contribution in [0.15, 0.2) is 33.7 Å². The van der Waals surface area contributed by atoms with Gasteiger partial charge in [0.05, 0.1) is 17.1 Å². The molecule has 1 aromatic heterocycles. The second-order valence-electron chi connectivity index (χ2n) is 4.94. The second kappa shape index (κ2) is 5.38. The summed E-state index contributed by atoms with van der Waals surface area (Å²) in [6.45, 7) is 5.81. The van der Waals surface area contributed by atoms with E-state index in [1.165, 1.54) is 11.4 Å². The van der Waals surface area contributed by atoms with Gasteiger partial charge in [-0.25, -0.2) is 8.42 Å². The normalized spacial score (nSPS) is 12.1. The number of aromatic nitrogens is 1. The molecular weight excluding hydrogens is 276 g/mol. The van der Waals surface area contributed by atoms with Crippen molar-refractivity contribution < 1.29 is 12.9 Å². The molecule has 2 rings (SSSR count). The van der Waals surface area contributed by atoms with Crippen LogP contribution < -0.4 is 0 Å². The quantitative estimate of drug-likeness (QED) is 0.868. The molecule has 0 aliphatic heterocycles. The van der Waals surface area contributed by atoms with E-state index in [0.717, 1.165) is 11.1 Å². The fourth-order valence-corrected chi connectivity index (χ4v) is 3.09. The minimum absolute atomic E-state index is 0.187. The Labute approximate surface area is 119 Å². The topological polar surface area (TPSA) is 63.4 Å². The van der Waals surface area contributed by atoms with Crippen LogP contribution in [0.2, 0.25) is 0 Å². The Bertz CT molecular complexity index is 720. The largest absolute Gasteiger partial charge is 0.361 e. The molecule has 20 heavy (non-hydrogen) atoms. The molecule has 0 spiro atoms. The van der Waals surface area contributed by atoms with Gasteiger partial charge in [0.25, 0.3) is 0 Å². The molecule has 0 saturated heterocycles. The molecule has 108 valence electrons. The minimum atomic E-state index is -3.52. The summed E-state index contributed by atoms with van der Waals surface area (Å²) in [6.07, 6.45) is 0. The number of nitrogens with zero attached hydrogens (tertiary/aromatic N) is 2. The Morgan fingerprint density at radius 3 is 2.40 bits per heavy atom. The average molecular weight is 294 g/mol. The predicted molar refractivity (Wildman–Crippen MR) is 75.8 cm³/mol. The molecule has 1 aromatic carbocycles. The van der Waals surface area contributed by atoms with Gasteiger partial charge in [-0.2, -0.15) is 4.31 Å². The van der Waals surface area contributed by atoms with Crippen LogP contribution in [0.5, 0.6) is 0 Å². The number of sulfonamides is 1. The van der Waals surface area contributed by atoms with Gasteiger partial charge in [-0.15, -0.1) is 0 Å². The Morgan fingerprint density at radius 2 is 1.85 bits per heavy atom. The number of benzene rings is 1. The third kappa shape index (κ3) is 2.91. The maximum Gasteiger partial charge on any atom is 0.243 e. The van der Waals surface area contributed by atoms with Crippen molar-refractivity contribution in [3.8, 4) is 0 Å². The van der Waals surface area contributed by atoms with E-state index >= 15 is 0 Å². The zero-order chi connectivity index (χ0) is 14.9. The third-order valence-electron chi connectivity index (χ3n) is 3.25. The number of hydrogen-bond acceptors (Lipinski definition) is 4. The average Bonchev–Trinajstić information content (AvgIpc) is 2.78. The summed E-state index contributed by atoms with van der Waals surface area (Å²) in [6, 6.07) is 6.86. The van der Waals surface area contributed by atoms with Gasteiger partial charge in [-0.1, -0.05) is 11.2 Å². The van der Waals surface area contributed by atoms with E-state index in [1.807, 2.05) is 19.9 Å². The highest BCUT2D eigenvalue weighted by molar-refractivity contribution is 7.89. The standard InChI is InChI=1S/C14H18N2O3S/c1-10-5-6-14(7-11(10)2)20(17,18)16(4)9-13-8-12(3)19-15-13/h5-8H,9H2,1-4H3. The molecule has 0 aliphatic carbocycles. The van der Waals surface area contributed by atoms with Gasteiger partial charge < -0.3 is 4.52 Å². The molecule has 0 unspecified atom stereocenters. The zero-order valence-corrected chi connectivity index (χ0v) is 12.9. The highest BCUT2D eigenvalue weighted by atomic mass is 32.2. The van der Waals surface area contributed by atoms with Crippen LogP contribution in [0.4, 0.5) is 0 Å². The summed E-state index contributed by atoms with van der Waals surface area (Å²) in [7, 11) is -1.98. The Kier molecular flexibility index (Phi) is 3.96. The summed E-state index contributed by atoms with van der Waals surface area (Å²) in [5, 5.41) is 3.81. The molecule has 0 atom stereocenters. The molecule has 0 fully saturated rings. The molecule has 0 radical (unpaired) electrons. The number of aryl methyl sites for hydroxylation is 3. The molecule has 0 saturated carbocycles. The van der Waals surface area contributed by atoms with E-state index < -0.39 is 10.0 Å². The molecule has 6 heteroatoms. The van der Waals surface area contributed by atoms with Crippen LogP contribution in [-0.4, -0.2) is 24.9 Å². The smallest absolute Gasteiger partial charge is 0.243 e. The van der Waals surface area contributed by atoms with Crippen molar-refractivity contribution >= 4 is 10.0 Å². The van der Waals surface area contributed by atoms with E-state index in [1.54, 1.807) is 25.1 Å². The Morgan fingerprint density at radius 1 is 1.15 bits per heavy atom. The first-order chi connectivity index (χ1) is 9.30. The first-order valence-corrected chi connectivity index (χ1v) is 7.70. The summed E-state index contributed by atoms with van der Waals surface area (Å²) in [4.78, 5) is 0.295. The van der Waals surface area contributed by atoms with Crippen LogP contribution in [0.3, 0.4) is 0 Å². The van der Waals surface area contributed by atoms with Gasteiger partial charge in [0, 0.05) is 13.1 Å². The highest BCUT2D eigenvalue weighted by Gasteiger charge is 2.22. The maximum atomic E-state index is 12.5. The first kappa shape index (κ1) is 14.7. The van der Waals surface area contributed by atoms with Crippen molar-refractivity contribution in [2.75, 3.05) is 7.05 Å². The van der Waals surface area contributed by atoms with E-state index in [2.05, 4.69) is 5.16 Å². The van der Waals surface area contributed by atoms with Crippen LogP contribution in [0.1, 0.15) is 22.6 Å². The summed E-state index contributed by atoms with van der Waals surface area (Å²) < 4.78 is 31.2. The minimum Gasteiger partial charge on any atom is -0.361 e. The van der Waals surface area contributed by atoms with Crippen molar-refractivity contribution in [2.45, 2.75) is 32.2 Å². The fraction of sp³-hybridized carbons (Fsp3) is 0.357. The molecule has 0 N–H and O–H groups in total. The van der Waals surface area contributed by atoms with Gasteiger partial charge in [0.15, 0.2) is 0 Å². The molecule has 0 amide bonds. The summed E-state index contributed by atoms with van der Waals surface area (Å²) in [5.74, 6) is 0.664. The van der Waals surface area contributed by atoms with Crippen molar-refractivity contribution in [3.05, 3.63) is 46.8 Å². The molecule has 2 aromatic rings. The van der Waals surface area contributed by atoms with Crippen LogP contribution in [0.25, 0.3) is 0 Å². The monoisotopic (exact) mass is 294 g/mol. The lowest BCUT2D eigenvalue weighted by molar-refractivity contribution is 0.378. The van der Waals surface area contributed by atoms with E-state index in [4.69, 9.17) is 4.52 Å². The van der Waals surface area contributed by atoms with Crippen LogP contribution in [0, 0.1) is 20.8 Å². The molecule has 5 nitrogen and oxygen atoms in total. The molecule has 0 bridgehead atoms. The first-order valence-electron chi connectivity index (χ1n) is 6.26. The zero-order valence-electron chi connectivity index (χ0n) is 12.0. The molecule has 0 aliphatic rings. The lowest BCUT2D eigenvalue weighted by atomic mass is 10.1. The predicted octanol–water partition coefficient (Wildman–Crippen LogP) is 2.42. The second-order valence-corrected chi connectivity index (χ2v) is 6.98. The summed E-state index contributed by atoms with van der Waals surface area (Å²) >= 11 is 0. The third-order valence-corrected chi connectivity index (χ3v) is 5.05. The Hall–Kier alpha value is -1.66. The SMILES string of the molecule is Cc1cc(CN(C)S(=O)(=O)c2ccc(C)c(C)c2)no1.